The Morgan fingerprint density at radius 3 is 2.38 bits per heavy atom. The molecule has 0 amide bonds. The van der Waals surface area contributed by atoms with Gasteiger partial charge in [-0.2, -0.15) is 0 Å². The minimum absolute atomic E-state index is 0.0373. The van der Waals surface area contributed by atoms with Gasteiger partial charge in [-0.3, -0.25) is 0 Å². The van der Waals surface area contributed by atoms with Gasteiger partial charge in [-0.1, -0.05) is 65.5 Å². The van der Waals surface area contributed by atoms with Gasteiger partial charge in [-0.05, 0) is 86.0 Å². The summed E-state index contributed by atoms with van der Waals surface area (Å²) < 4.78 is 46.7. The molecule has 0 spiro atoms. The zero-order chi connectivity index (χ0) is 30.4. The van der Waals surface area contributed by atoms with E-state index in [1.54, 1.807) is 24.3 Å². The van der Waals surface area contributed by atoms with Gasteiger partial charge in [0.05, 0.1) is 47.3 Å². The summed E-state index contributed by atoms with van der Waals surface area (Å²) in [6.45, 7) is 17.7. The summed E-state index contributed by atoms with van der Waals surface area (Å²) >= 11 is 0. The fourth-order valence-electron chi connectivity index (χ4n) is 7.11. The smallest absolute Gasteiger partial charge is 0.178 e. The highest BCUT2D eigenvalue weighted by Gasteiger charge is 2.46. The summed E-state index contributed by atoms with van der Waals surface area (Å²) in [5, 5.41) is 9.17. The predicted molar refractivity (Wildman–Crippen MR) is 168 cm³/mol. The van der Waals surface area contributed by atoms with Crippen LogP contribution in [0, 0.1) is 23.7 Å². The van der Waals surface area contributed by atoms with Crippen molar-refractivity contribution in [1.29, 1.82) is 0 Å². The van der Waals surface area contributed by atoms with E-state index in [0.29, 0.717) is 23.2 Å². The summed E-state index contributed by atoms with van der Waals surface area (Å²) in [6.07, 6.45) is 7.77. The lowest BCUT2D eigenvalue weighted by Gasteiger charge is -2.38. The summed E-state index contributed by atoms with van der Waals surface area (Å²) in [5.41, 5.74) is 2.23. The Kier molecular flexibility index (Phi) is 11.9. The van der Waals surface area contributed by atoms with Crippen molar-refractivity contribution in [3.63, 3.8) is 0 Å². The second kappa shape index (κ2) is 15.0. The van der Waals surface area contributed by atoms with Gasteiger partial charge in [0.15, 0.2) is 9.84 Å². The zero-order valence-corrected chi connectivity index (χ0v) is 27.1. The molecular formula is C35H54O6S. The second-order valence-corrected chi connectivity index (χ2v) is 15.4. The maximum atomic E-state index is 13.5. The molecule has 1 aromatic carbocycles. The largest absolute Gasteiger partial charge is 0.396 e. The third kappa shape index (κ3) is 8.35. The van der Waals surface area contributed by atoms with Crippen molar-refractivity contribution in [2.75, 3.05) is 12.4 Å². The lowest BCUT2D eigenvalue weighted by Crippen LogP contribution is -2.38. The Labute approximate surface area is 254 Å². The number of rotatable bonds is 14. The minimum Gasteiger partial charge on any atom is -0.396 e. The van der Waals surface area contributed by atoms with E-state index in [0.717, 1.165) is 62.5 Å². The fourth-order valence-corrected chi connectivity index (χ4v) is 8.89. The quantitative estimate of drug-likeness (QED) is 0.233. The van der Waals surface area contributed by atoms with Gasteiger partial charge in [0.1, 0.15) is 0 Å². The van der Waals surface area contributed by atoms with Gasteiger partial charge < -0.3 is 19.3 Å². The Hall–Kier alpha value is -1.51. The van der Waals surface area contributed by atoms with Crippen molar-refractivity contribution in [3.05, 3.63) is 54.6 Å². The third-order valence-electron chi connectivity index (χ3n) is 10.1. The monoisotopic (exact) mass is 602 g/mol. The molecule has 0 aromatic heterocycles. The average molecular weight is 603 g/mol. The number of aliphatic hydroxyl groups excluding tert-OH is 1. The van der Waals surface area contributed by atoms with Crippen LogP contribution in [0.2, 0.25) is 0 Å². The van der Waals surface area contributed by atoms with Crippen molar-refractivity contribution < 1.29 is 27.7 Å². The predicted octanol–water partition coefficient (Wildman–Crippen LogP) is 6.92. The first-order valence-corrected chi connectivity index (χ1v) is 17.9. The van der Waals surface area contributed by atoms with Crippen LogP contribution in [0.1, 0.15) is 85.5 Å². The molecule has 0 aliphatic carbocycles. The minimum atomic E-state index is -3.46. The first-order valence-electron chi connectivity index (χ1n) is 16.2. The molecule has 10 atom stereocenters. The van der Waals surface area contributed by atoms with Crippen LogP contribution in [-0.4, -0.2) is 62.5 Å². The molecule has 1 N–H and O–H groups in total. The SMILES string of the molecule is C=C1C[C@H](CCCO)OC1CC[C@H]1C[C@@H](C)C(=C)C(C[C@@H]2O[C@H](C[C@H](C)CC)[C@H](C)[C@H]2CS(=O)(=O)c2ccccc2)O1. The molecule has 4 rings (SSSR count). The Morgan fingerprint density at radius 1 is 0.976 bits per heavy atom. The third-order valence-corrected chi connectivity index (χ3v) is 12.0. The molecule has 0 radical (unpaired) electrons. The maximum Gasteiger partial charge on any atom is 0.178 e. The molecule has 1 aromatic rings. The van der Waals surface area contributed by atoms with E-state index in [4.69, 9.17) is 19.3 Å². The van der Waals surface area contributed by atoms with E-state index in [-0.39, 0.29) is 60.8 Å². The van der Waals surface area contributed by atoms with Crippen molar-refractivity contribution in [1.82, 2.24) is 0 Å². The normalized spacial score (nSPS) is 34.6. The summed E-state index contributed by atoms with van der Waals surface area (Å²) in [6, 6.07) is 8.80. The molecule has 3 aliphatic rings. The standard InChI is InChI=1S/C35H54O6S/c1-7-23(2)18-33-27(6)31(22-42(37,38)30-13-9-8-10-14-30)35(41-33)21-34-26(5)24(3)19-29(40-34)15-16-32-25(4)20-28(39-32)12-11-17-36/h8-10,13-14,23-24,27-29,31-36H,4-5,7,11-12,15-22H2,1-3,6H3/t23-,24-,27-,28+,29+,31-,32?,33-,34?,35+/m1/s1. The van der Waals surface area contributed by atoms with E-state index >= 15 is 0 Å². The van der Waals surface area contributed by atoms with E-state index in [2.05, 4.69) is 40.9 Å². The summed E-state index contributed by atoms with van der Waals surface area (Å²) in [4.78, 5) is 0.377. The molecule has 3 aliphatic heterocycles. The molecule has 236 valence electrons. The van der Waals surface area contributed by atoms with Crippen molar-refractivity contribution >= 4 is 9.84 Å². The number of aliphatic hydroxyl groups is 1. The van der Waals surface area contributed by atoms with Crippen LogP contribution < -0.4 is 0 Å². The number of benzene rings is 1. The van der Waals surface area contributed by atoms with Gasteiger partial charge >= 0.3 is 0 Å². The van der Waals surface area contributed by atoms with E-state index in [1.807, 2.05) is 6.07 Å². The van der Waals surface area contributed by atoms with E-state index in [9.17, 15) is 8.42 Å². The van der Waals surface area contributed by atoms with Gasteiger partial charge in [0.2, 0.25) is 0 Å². The molecule has 3 saturated heterocycles. The first-order chi connectivity index (χ1) is 20.0. The van der Waals surface area contributed by atoms with E-state index in [1.165, 1.54) is 0 Å². The van der Waals surface area contributed by atoms with Crippen LogP contribution in [0.5, 0.6) is 0 Å². The Balaban J connectivity index is 1.43. The van der Waals surface area contributed by atoms with Gasteiger partial charge in [-0.15, -0.1) is 0 Å². The van der Waals surface area contributed by atoms with Crippen molar-refractivity contribution in [2.45, 2.75) is 127 Å². The Morgan fingerprint density at radius 2 is 1.69 bits per heavy atom. The topological polar surface area (TPSA) is 82.1 Å². The van der Waals surface area contributed by atoms with Crippen molar-refractivity contribution in [3.8, 4) is 0 Å². The first kappa shape index (κ1) is 33.4. The fraction of sp³-hybridized carbons (Fsp3) is 0.714. The molecule has 0 saturated carbocycles. The van der Waals surface area contributed by atoms with Crippen LogP contribution in [0.4, 0.5) is 0 Å². The molecule has 2 unspecified atom stereocenters. The summed E-state index contributed by atoms with van der Waals surface area (Å²) in [7, 11) is -3.46. The average Bonchev–Trinajstić information content (AvgIpc) is 3.46. The second-order valence-electron chi connectivity index (χ2n) is 13.3. The van der Waals surface area contributed by atoms with Crippen LogP contribution in [0.3, 0.4) is 0 Å². The molecular weight excluding hydrogens is 548 g/mol. The van der Waals surface area contributed by atoms with Gasteiger partial charge in [0.25, 0.3) is 0 Å². The molecule has 7 heteroatoms. The molecule has 3 heterocycles. The highest BCUT2D eigenvalue weighted by atomic mass is 32.2. The lowest BCUT2D eigenvalue weighted by atomic mass is 9.81. The number of hydrogen-bond donors (Lipinski definition) is 1. The molecule has 0 bridgehead atoms. The van der Waals surface area contributed by atoms with Crippen LogP contribution in [0.25, 0.3) is 0 Å². The highest BCUT2D eigenvalue weighted by molar-refractivity contribution is 7.91. The number of hydrogen-bond acceptors (Lipinski definition) is 6. The van der Waals surface area contributed by atoms with Gasteiger partial charge in [0, 0.05) is 18.9 Å². The maximum absolute atomic E-state index is 13.5. The molecule has 42 heavy (non-hydrogen) atoms. The number of sulfone groups is 1. The lowest BCUT2D eigenvalue weighted by molar-refractivity contribution is -0.0737. The summed E-state index contributed by atoms with van der Waals surface area (Å²) in [5.74, 6) is 0.944. The highest BCUT2D eigenvalue weighted by Crippen LogP contribution is 2.43. The molecule has 6 nitrogen and oxygen atoms in total. The van der Waals surface area contributed by atoms with E-state index < -0.39 is 9.84 Å². The van der Waals surface area contributed by atoms with Crippen molar-refractivity contribution in [2.24, 2.45) is 23.7 Å². The van der Waals surface area contributed by atoms with Crippen LogP contribution in [-0.2, 0) is 24.0 Å². The molecule has 3 fully saturated rings. The zero-order valence-electron chi connectivity index (χ0n) is 26.2. The Bertz CT molecular complexity index is 1130. The number of ether oxygens (including phenoxy) is 3. The van der Waals surface area contributed by atoms with Crippen LogP contribution >= 0.6 is 0 Å². The van der Waals surface area contributed by atoms with Gasteiger partial charge in [-0.25, -0.2) is 8.42 Å². The van der Waals surface area contributed by atoms with Crippen LogP contribution in [0.15, 0.2) is 59.5 Å².